The summed E-state index contributed by atoms with van der Waals surface area (Å²) in [4.78, 5) is 12.9. The van der Waals surface area contributed by atoms with E-state index in [-0.39, 0.29) is 38.3 Å². The summed E-state index contributed by atoms with van der Waals surface area (Å²) in [6.45, 7) is 0.198. The Labute approximate surface area is 156 Å². The normalized spacial score (nSPS) is 19.9. The monoisotopic (exact) mass is 405 g/mol. The molecule has 1 N–H and O–H groups in total. The van der Waals surface area contributed by atoms with Gasteiger partial charge in [-0.2, -0.15) is 4.31 Å². The second kappa shape index (κ2) is 8.05. The van der Waals surface area contributed by atoms with E-state index >= 15 is 0 Å². The van der Waals surface area contributed by atoms with Crippen molar-refractivity contribution in [3.05, 3.63) is 29.6 Å². The van der Waals surface area contributed by atoms with E-state index in [9.17, 15) is 26.4 Å². The molecule has 0 radical (unpaired) electrons. The maximum Gasteiger partial charge on any atom is 0.317 e. The zero-order valence-electron chi connectivity index (χ0n) is 14.8. The van der Waals surface area contributed by atoms with Crippen molar-refractivity contribution in [3.63, 3.8) is 0 Å². The van der Waals surface area contributed by atoms with E-state index in [2.05, 4.69) is 5.32 Å². The Bertz CT molecular complexity index is 805. The largest absolute Gasteiger partial charge is 0.335 e. The van der Waals surface area contributed by atoms with E-state index in [4.69, 9.17) is 0 Å². The number of carbonyl (C=O) groups excluding carboxylic acids is 1. The Morgan fingerprint density at radius 3 is 2.22 bits per heavy atom. The number of hydrogen-bond donors (Lipinski definition) is 1. The van der Waals surface area contributed by atoms with Crippen LogP contribution in [-0.2, 0) is 10.0 Å². The predicted octanol–water partition coefficient (Wildman–Crippen LogP) is 2.45. The van der Waals surface area contributed by atoms with Gasteiger partial charge in [-0.15, -0.1) is 0 Å². The highest BCUT2D eigenvalue weighted by molar-refractivity contribution is 7.89. The highest BCUT2D eigenvalue weighted by Gasteiger charge is 2.33. The maximum atomic E-state index is 13.9. The molecule has 1 aromatic carbocycles. The van der Waals surface area contributed by atoms with Crippen LogP contribution in [0.4, 0.5) is 18.0 Å². The van der Waals surface area contributed by atoms with Crippen molar-refractivity contribution in [3.8, 4) is 0 Å². The van der Waals surface area contributed by atoms with Crippen LogP contribution in [0.25, 0.3) is 0 Å². The minimum atomic E-state index is -4.31. The van der Waals surface area contributed by atoms with E-state index in [0.717, 1.165) is 30.0 Å². The molecule has 0 spiro atoms. The first kappa shape index (κ1) is 19.9. The summed E-state index contributed by atoms with van der Waals surface area (Å²) >= 11 is 0. The molecule has 6 nitrogen and oxygen atoms in total. The molecule has 0 unspecified atom stereocenters. The average Bonchev–Trinajstić information content (AvgIpc) is 2.67. The van der Waals surface area contributed by atoms with Gasteiger partial charge in [-0.1, -0.05) is 19.3 Å². The molecular formula is C17H22F3N3O3S. The Balaban J connectivity index is 1.63. The molecule has 2 fully saturated rings. The molecule has 1 aliphatic heterocycles. The number of piperazine rings is 1. The van der Waals surface area contributed by atoms with Crippen LogP contribution in [-0.4, -0.2) is 55.9 Å². The average molecular weight is 405 g/mol. The van der Waals surface area contributed by atoms with Gasteiger partial charge in [0.15, 0.2) is 17.5 Å². The molecule has 1 heterocycles. The highest BCUT2D eigenvalue weighted by atomic mass is 32.2. The Kier molecular flexibility index (Phi) is 5.95. The lowest BCUT2D eigenvalue weighted by atomic mass is 9.96. The zero-order valence-corrected chi connectivity index (χ0v) is 15.6. The first-order valence-corrected chi connectivity index (χ1v) is 10.4. The molecule has 27 heavy (non-hydrogen) atoms. The van der Waals surface area contributed by atoms with E-state index in [0.29, 0.717) is 12.1 Å². The molecule has 1 aromatic rings. The number of urea groups is 1. The van der Waals surface area contributed by atoms with Crippen LogP contribution in [0.5, 0.6) is 0 Å². The number of halogens is 3. The lowest BCUT2D eigenvalue weighted by molar-refractivity contribution is 0.166. The van der Waals surface area contributed by atoms with Crippen molar-refractivity contribution in [2.24, 2.45) is 0 Å². The topological polar surface area (TPSA) is 69.7 Å². The fraction of sp³-hybridized carbons (Fsp3) is 0.588. The Morgan fingerprint density at radius 2 is 1.59 bits per heavy atom. The smallest absolute Gasteiger partial charge is 0.317 e. The maximum absolute atomic E-state index is 13.9. The molecule has 0 bridgehead atoms. The lowest BCUT2D eigenvalue weighted by Gasteiger charge is -2.35. The third-order valence-electron chi connectivity index (χ3n) is 5.08. The molecule has 0 atom stereocenters. The number of sulfonamides is 1. The number of nitrogens with one attached hydrogen (secondary N) is 1. The van der Waals surface area contributed by atoms with Crippen LogP contribution < -0.4 is 5.32 Å². The van der Waals surface area contributed by atoms with E-state index in [1.165, 1.54) is 11.3 Å². The standard InChI is InChI=1S/C17H22F3N3O3S/c18-13-6-7-14(16(20)15(13)19)27(25,26)23-10-8-22(9-11-23)17(24)21-12-4-2-1-3-5-12/h6-7,12H,1-5,8-11H2,(H,21,24). The number of carbonyl (C=O) groups is 1. The van der Waals surface area contributed by atoms with Crippen molar-refractivity contribution >= 4 is 16.1 Å². The first-order valence-electron chi connectivity index (χ1n) is 9.00. The van der Waals surface area contributed by atoms with Crippen LogP contribution in [0.1, 0.15) is 32.1 Å². The molecule has 0 aromatic heterocycles. The molecule has 1 aliphatic carbocycles. The third kappa shape index (κ3) is 4.21. The third-order valence-corrected chi connectivity index (χ3v) is 6.99. The van der Waals surface area contributed by atoms with Gasteiger partial charge in [0.1, 0.15) is 4.90 Å². The van der Waals surface area contributed by atoms with Crippen LogP contribution >= 0.6 is 0 Å². The van der Waals surface area contributed by atoms with Gasteiger partial charge in [0.2, 0.25) is 10.0 Å². The molecular weight excluding hydrogens is 383 g/mol. The van der Waals surface area contributed by atoms with Gasteiger partial charge < -0.3 is 10.2 Å². The summed E-state index contributed by atoms with van der Waals surface area (Å²) in [7, 11) is -4.31. The lowest BCUT2D eigenvalue weighted by Crippen LogP contribution is -2.54. The second-order valence-electron chi connectivity index (χ2n) is 6.85. The quantitative estimate of drug-likeness (QED) is 0.786. The number of amides is 2. The van der Waals surface area contributed by atoms with Crippen LogP contribution in [0.2, 0.25) is 0 Å². The van der Waals surface area contributed by atoms with E-state index in [1.807, 2.05) is 0 Å². The summed E-state index contributed by atoms with van der Waals surface area (Å²) in [5.41, 5.74) is 0. The molecule has 1 saturated carbocycles. The minimum Gasteiger partial charge on any atom is -0.335 e. The molecule has 3 rings (SSSR count). The zero-order chi connectivity index (χ0) is 19.6. The van der Waals surface area contributed by atoms with Crippen LogP contribution in [0.3, 0.4) is 0 Å². The van der Waals surface area contributed by atoms with Gasteiger partial charge in [0.05, 0.1) is 0 Å². The minimum absolute atomic E-state index is 0.0428. The molecule has 1 saturated heterocycles. The van der Waals surface area contributed by atoms with Crippen molar-refractivity contribution in [1.29, 1.82) is 0 Å². The summed E-state index contributed by atoms with van der Waals surface area (Å²) in [6.07, 6.45) is 5.21. The fourth-order valence-electron chi connectivity index (χ4n) is 3.49. The van der Waals surface area contributed by atoms with Gasteiger partial charge in [0, 0.05) is 32.2 Å². The van der Waals surface area contributed by atoms with E-state index in [1.54, 1.807) is 0 Å². The summed E-state index contributed by atoms with van der Waals surface area (Å²) in [5.74, 6) is -5.00. The van der Waals surface area contributed by atoms with Crippen LogP contribution in [0, 0.1) is 17.5 Å². The number of nitrogens with zero attached hydrogens (tertiary/aromatic N) is 2. The predicted molar refractivity (Wildman–Crippen MR) is 92.1 cm³/mol. The van der Waals surface area contributed by atoms with E-state index < -0.39 is 32.4 Å². The second-order valence-corrected chi connectivity index (χ2v) is 8.76. The number of rotatable bonds is 3. The summed E-state index contributed by atoms with van der Waals surface area (Å²) in [6, 6.07) is 1.20. The van der Waals surface area contributed by atoms with Gasteiger partial charge in [-0.3, -0.25) is 0 Å². The van der Waals surface area contributed by atoms with Gasteiger partial charge in [0.25, 0.3) is 0 Å². The van der Waals surface area contributed by atoms with Crippen molar-refractivity contribution in [1.82, 2.24) is 14.5 Å². The van der Waals surface area contributed by atoms with Crippen LogP contribution in [0.15, 0.2) is 17.0 Å². The molecule has 2 aliphatic rings. The van der Waals surface area contributed by atoms with Crippen molar-refractivity contribution in [2.75, 3.05) is 26.2 Å². The van der Waals surface area contributed by atoms with Gasteiger partial charge >= 0.3 is 6.03 Å². The van der Waals surface area contributed by atoms with Crippen molar-refractivity contribution in [2.45, 2.75) is 43.0 Å². The summed E-state index contributed by atoms with van der Waals surface area (Å²) < 4.78 is 66.4. The highest BCUT2D eigenvalue weighted by Crippen LogP contribution is 2.24. The molecule has 150 valence electrons. The molecule has 2 amide bonds. The summed E-state index contributed by atoms with van der Waals surface area (Å²) in [5, 5.41) is 2.96. The molecule has 10 heteroatoms. The van der Waals surface area contributed by atoms with Gasteiger partial charge in [-0.25, -0.2) is 26.4 Å². The number of hydrogen-bond acceptors (Lipinski definition) is 3. The Hall–Kier alpha value is -1.81. The SMILES string of the molecule is O=C(NC1CCCCC1)N1CCN(S(=O)(=O)c2ccc(F)c(F)c2F)CC1. The number of benzene rings is 1. The fourth-order valence-corrected chi connectivity index (χ4v) is 4.97. The van der Waals surface area contributed by atoms with Crippen molar-refractivity contribution < 1.29 is 26.4 Å². The first-order chi connectivity index (χ1) is 12.8. The van der Waals surface area contributed by atoms with Gasteiger partial charge in [-0.05, 0) is 25.0 Å². The Morgan fingerprint density at radius 1 is 0.963 bits per heavy atom.